The molecule has 5 heteroatoms. The third kappa shape index (κ3) is 3.98. The van der Waals surface area contributed by atoms with E-state index in [1.165, 1.54) is 10.9 Å². The fourth-order valence-electron chi connectivity index (χ4n) is 3.33. The number of aliphatic carboxylic acids is 1. The van der Waals surface area contributed by atoms with E-state index < -0.39 is 5.97 Å². The Kier molecular flexibility index (Phi) is 5.36. The Labute approximate surface area is 164 Å². The summed E-state index contributed by atoms with van der Waals surface area (Å²) in [4.78, 5) is 25.9. The Morgan fingerprint density at radius 1 is 1.07 bits per heavy atom. The molecule has 144 valence electrons. The minimum atomic E-state index is -1.06. The van der Waals surface area contributed by atoms with Crippen LogP contribution >= 0.6 is 0 Å². The topological polar surface area (TPSA) is 82.2 Å². The van der Waals surface area contributed by atoms with E-state index in [0.29, 0.717) is 5.57 Å². The molecule has 3 N–H and O–H groups in total. The maximum atomic E-state index is 12.0. The van der Waals surface area contributed by atoms with E-state index in [4.69, 9.17) is 5.11 Å². The number of carboxylic acids is 1. The lowest BCUT2D eigenvalue weighted by Gasteiger charge is -2.12. The maximum absolute atomic E-state index is 12.0. The Morgan fingerprint density at radius 3 is 2.54 bits per heavy atom. The minimum Gasteiger partial charge on any atom is -0.480 e. The van der Waals surface area contributed by atoms with Crippen molar-refractivity contribution in [3.63, 3.8) is 0 Å². The molecule has 0 saturated carbocycles. The van der Waals surface area contributed by atoms with Crippen molar-refractivity contribution in [1.82, 2.24) is 10.3 Å². The summed E-state index contributed by atoms with van der Waals surface area (Å²) in [6.07, 6.45) is 3.81. The number of hydrogen-bond donors (Lipinski definition) is 3. The SMILES string of the molecule is CC(=Cc1cc(C)c(-c2ccc3[nH]cc(C)c3c2)cc1C)C(=O)NCC(=O)O. The van der Waals surface area contributed by atoms with E-state index in [0.717, 1.165) is 33.3 Å². The van der Waals surface area contributed by atoms with Gasteiger partial charge in [-0.2, -0.15) is 0 Å². The highest BCUT2D eigenvalue weighted by molar-refractivity contribution is 5.98. The Bertz CT molecular complexity index is 1110. The molecule has 3 aromatic rings. The van der Waals surface area contributed by atoms with Gasteiger partial charge in [-0.3, -0.25) is 9.59 Å². The molecule has 0 bridgehead atoms. The van der Waals surface area contributed by atoms with Crippen LogP contribution in [0.3, 0.4) is 0 Å². The molecule has 2 aromatic carbocycles. The summed E-state index contributed by atoms with van der Waals surface area (Å²) in [5.41, 5.74) is 8.24. The lowest BCUT2D eigenvalue weighted by atomic mass is 9.93. The fourth-order valence-corrected chi connectivity index (χ4v) is 3.33. The minimum absolute atomic E-state index is 0.378. The van der Waals surface area contributed by atoms with E-state index in [1.807, 2.05) is 13.1 Å². The third-order valence-electron chi connectivity index (χ3n) is 4.94. The Hall–Kier alpha value is -3.34. The molecule has 0 aliphatic heterocycles. The van der Waals surface area contributed by atoms with E-state index >= 15 is 0 Å². The molecule has 3 rings (SSSR count). The number of aryl methyl sites for hydroxylation is 3. The first-order valence-electron chi connectivity index (χ1n) is 9.14. The summed E-state index contributed by atoms with van der Waals surface area (Å²) in [7, 11) is 0. The van der Waals surface area contributed by atoms with Crippen molar-refractivity contribution in [2.75, 3.05) is 6.54 Å². The number of amides is 1. The molecule has 0 saturated heterocycles. The summed E-state index contributed by atoms with van der Waals surface area (Å²) in [5, 5.41) is 12.3. The van der Waals surface area contributed by atoms with Crippen molar-refractivity contribution in [2.24, 2.45) is 0 Å². The number of aromatic nitrogens is 1. The first-order chi connectivity index (χ1) is 13.3. The van der Waals surface area contributed by atoms with Crippen LogP contribution in [0.15, 0.2) is 42.1 Å². The number of carbonyl (C=O) groups excluding carboxylic acids is 1. The summed E-state index contributed by atoms with van der Waals surface area (Å²) < 4.78 is 0. The number of carbonyl (C=O) groups is 2. The van der Waals surface area contributed by atoms with Crippen molar-refractivity contribution < 1.29 is 14.7 Å². The summed E-state index contributed by atoms with van der Waals surface area (Å²) in [6.45, 7) is 7.45. The monoisotopic (exact) mass is 376 g/mol. The second-order valence-corrected chi connectivity index (χ2v) is 7.16. The van der Waals surface area contributed by atoms with Gasteiger partial charge in [-0.05, 0) is 79.3 Å². The van der Waals surface area contributed by atoms with Crippen LogP contribution in [0.2, 0.25) is 0 Å². The average molecular weight is 376 g/mol. The zero-order valence-electron chi connectivity index (χ0n) is 16.5. The normalized spacial score (nSPS) is 11.6. The first-order valence-corrected chi connectivity index (χ1v) is 9.14. The molecule has 0 atom stereocenters. The van der Waals surface area contributed by atoms with Crippen molar-refractivity contribution in [2.45, 2.75) is 27.7 Å². The average Bonchev–Trinajstić information content (AvgIpc) is 3.02. The number of benzene rings is 2. The smallest absolute Gasteiger partial charge is 0.322 e. The molecular formula is C23H24N2O3. The van der Waals surface area contributed by atoms with E-state index in [9.17, 15) is 9.59 Å². The molecule has 5 nitrogen and oxygen atoms in total. The standard InChI is InChI=1S/C23H24N2O3/c1-13-9-19(17-5-6-21-20(10-17)16(4)11-24-21)14(2)7-18(13)8-15(3)23(28)25-12-22(26)27/h5-11,24H,12H2,1-4H3,(H,25,28)(H,26,27). The zero-order valence-corrected chi connectivity index (χ0v) is 16.5. The number of hydrogen-bond acceptors (Lipinski definition) is 2. The zero-order chi connectivity index (χ0) is 20.4. The highest BCUT2D eigenvalue weighted by Gasteiger charge is 2.10. The van der Waals surface area contributed by atoms with Crippen molar-refractivity contribution >= 4 is 28.9 Å². The lowest BCUT2D eigenvalue weighted by Crippen LogP contribution is -2.29. The van der Waals surface area contributed by atoms with Crippen LogP contribution in [0.1, 0.15) is 29.2 Å². The van der Waals surface area contributed by atoms with Crippen molar-refractivity contribution in [3.8, 4) is 11.1 Å². The number of nitrogens with one attached hydrogen (secondary N) is 2. The van der Waals surface area contributed by atoms with Crippen molar-refractivity contribution in [1.29, 1.82) is 0 Å². The highest BCUT2D eigenvalue weighted by Crippen LogP contribution is 2.30. The van der Waals surface area contributed by atoms with Gasteiger partial charge in [0.05, 0.1) is 0 Å². The van der Waals surface area contributed by atoms with E-state index in [-0.39, 0.29) is 12.5 Å². The summed E-state index contributed by atoms with van der Waals surface area (Å²) in [6, 6.07) is 10.6. The van der Waals surface area contributed by atoms with Gasteiger partial charge >= 0.3 is 5.97 Å². The molecule has 0 unspecified atom stereocenters. The second-order valence-electron chi connectivity index (χ2n) is 7.16. The van der Waals surface area contributed by atoms with Gasteiger partial charge in [0, 0.05) is 22.7 Å². The van der Waals surface area contributed by atoms with Gasteiger partial charge in [-0.15, -0.1) is 0 Å². The van der Waals surface area contributed by atoms with Crippen LogP contribution in [0.5, 0.6) is 0 Å². The third-order valence-corrected chi connectivity index (χ3v) is 4.94. The van der Waals surface area contributed by atoms with Gasteiger partial charge in [0.1, 0.15) is 6.54 Å². The van der Waals surface area contributed by atoms with Gasteiger partial charge in [0.2, 0.25) is 5.91 Å². The van der Waals surface area contributed by atoms with E-state index in [2.05, 4.69) is 54.5 Å². The lowest BCUT2D eigenvalue weighted by molar-refractivity contribution is -0.137. The van der Waals surface area contributed by atoms with E-state index in [1.54, 1.807) is 13.0 Å². The molecule has 1 amide bonds. The van der Waals surface area contributed by atoms with Crippen LogP contribution in [-0.2, 0) is 9.59 Å². The molecule has 1 heterocycles. The Balaban J connectivity index is 1.94. The van der Waals surface area contributed by atoms with Gasteiger partial charge in [0.25, 0.3) is 0 Å². The van der Waals surface area contributed by atoms with Gasteiger partial charge in [-0.25, -0.2) is 0 Å². The summed E-state index contributed by atoms with van der Waals surface area (Å²) >= 11 is 0. The Morgan fingerprint density at radius 2 is 1.82 bits per heavy atom. The van der Waals surface area contributed by atoms with Crippen LogP contribution in [-0.4, -0.2) is 28.5 Å². The number of aromatic amines is 1. The molecule has 0 spiro atoms. The van der Waals surface area contributed by atoms with Gasteiger partial charge in [-0.1, -0.05) is 18.2 Å². The van der Waals surface area contributed by atoms with Crippen LogP contribution < -0.4 is 5.32 Å². The molecule has 0 aliphatic rings. The molecule has 0 aliphatic carbocycles. The number of H-pyrrole nitrogens is 1. The number of carboxylic acid groups (broad SMARTS) is 1. The molecular weight excluding hydrogens is 352 g/mol. The predicted octanol–water partition coefficient (Wildman–Crippen LogP) is 4.36. The summed E-state index contributed by atoms with van der Waals surface area (Å²) in [5.74, 6) is -1.44. The first kappa shape index (κ1) is 19.4. The largest absolute Gasteiger partial charge is 0.480 e. The van der Waals surface area contributed by atoms with Gasteiger partial charge in [0.15, 0.2) is 0 Å². The maximum Gasteiger partial charge on any atom is 0.322 e. The fraction of sp³-hybridized carbons (Fsp3) is 0.217. The predicted molar refractivity (Wildman–Crippen MR) is 112 cm³/mol. The number of rotatable bonds is 5. The quantitative estimate of drug-likeness (QED) is 0.579. The van der Waals surface area contributed by atoms with Gasteiger partial charge < -0.3 is 15.4 Å². The van der Waals surface area contributed by atoms with Crippen LogP contribution in [0.25, 0.3) is 28.1 Å². The molecule has 0 fully saturated rings. The highest BCUT2D eigenvalue weighted by atomic mass is 16.4. The molecule has 1 aromatic heterocycles. The van der Waals surface area contributed by atoms with Crippen LogP contribution in [0, 0.1) is 20.8 Å². The molecule has 0 radical (unpaired) electrons. The number of fused-ring (bicyclic) bond motifs is 1. The van der Waals surface area contributed by atoms with Crippen molar-refractivity contribution in [3.05, 3.63) is 64.4 Å². The molecule has 28 heavy (non-hydrogen) atoms. The second kappa shape index (κ2) is 7.72. The van der Waals surface area contributed by atoms with Crippen LogP contribution in [0.4, 0.5) is 0 Å².